The first-order valence-corrected chi connectivity index (χ1v) is 9.29. The lowest BCUT2D eigenvalue weighted by atomic mass is 10.1. The Hall–Kier alpha value is -3.95. The van der Waals surface area contributed by atoms with Crippen molar-refractivity contribution in [3.05, 3.63) is 57.6 Å². The molecule has 0 aliphatic carbocycles. The zero-order valence-corrected chi connectivity index (χ0v) is 17.3. The summed E-state index contributed by atoms with van der Waals surface area (Å²) in [5, 5.41) is 13.5. The second kappa shape index (κ2) is 10.7. The van der Waals surface area contributed by atoms with Gasteiger partial charge in [0.1, 0.15) is 5.75 Å². The Balaban J connectivity index is 1.85. The molecule has 2 aromatic carbocycles. The third-order valence-corrected chi connectivity index (χ3v) is 4.21. The first-order valence-electron chi connectivity index (χ1n) is 9.29. The molecule has 0 aliphatic heterocycles. The van der Waals surface area contributed by atoms with E-state index in [0.29, 0.717) is 29.0 Å². The molecule has 0 aromatic heterocycles. The summed E-state index contributed by atoms with van der Waals surface area (Å²) in [7, 11) is 1.28. The van der Waals surface area contributed by atoms with E-state index in [1.807, 2.05) is 0 Å². The zero-order valence-electron chi connectivity index (χ0n) is 17.3. The first-order chi connectivity index (χ1) is 14.7. The van der Waals surface area contributed by atoms with Crippen molar-refractivity contribution in [3.63, 3.8) is 0 Å². The number of ether oxygens (including phenoxy) is 3. The highest BCUT2D eigenvalue weighted by Crippen LogP contribution is 2.32. The molecule has 164 valence electrons. The van der Waals surface area contributed by atoms with Crippen LogP contribution in [0.1, 0.15) is 29.3 Å². The lowest BCUT2D eigenvalue weighted by Gasteiger charge is -2.11. The fraction of sp³-hybridized carbons (Fsp3) is 0.286. The number of nitro groups is 1. The van der Waals surface area contributed by atoms with E-state index in [1.54, 1.807) is 38.1 Å². The monoisotopic (exact) mass is 430 g/mol. The maximum Gasteiger partial charge on any atom is 0.344 e. The van der Waals surface area contributed by atoms with Gasteiger partial charge in [-0.2, -0.15) is 0 Å². The van der Waals surface area contributed by atoms with Crippen molar-refractivity contribution in [1.29, 1.82) is 0 Å². The first kappa shape index (κ1) is 23.3. The summed E-state index contributed by atoms with van der Waals surface area (Å²) in [6.07, 6.45) is 0.390. The minimum Gasteiger partial charge on any atom is -0.490 e. The SMILES string of the molecule is CCC(=O)c1ccc(OCC(=O)OCC(=O)Nc2cc(OC)c([N+](=O)[O-])cc2C)cc1. The summed E-state index contributed by atoms with van der Waals surface area (Å²) in [6.45, 7) is 2.36. The Morgan fingerprint density at radius 2 is 1.77 bits per heavy atom. The quantitative estimate of drug-likeness (QED) is 0.263. The Bertz CT molecular complexity index is 986. The standard InChI is InChI=1S/C21H22N2O8/c1-4-18(24)14-5-7-15(8-6-14)30-12-21(26)31-11-20(25)22-16-10-19(29-3)17(23(27)28)9-13(16)2/h5-10H,4,11-12H2,1-3H3,(H,22,25). The smallest absolute Gasteiger partial charge is 0.344 e. The van der Waals surface area contributed by atoms with Gasteiger partial charge < -0.3 is 19.5 Å². The van der Waals surface area contributed by atoms with E-state index in [-0.39, 0.29) is 17.2 Å². The molecule has 0 spiro atoms. The predicted octanol–water partition coefficient (Wildman–Crippen LogP) is 3.07. The van der Waals surface area contributed by atoms with E-state index >= 15 is 0 Å². The van der Waals surface area contributed by atoms with Crippen LogP contribution in [0.25, 0.3) is 0 Å². The number of hydrogen-bond acceptors (Lipinski definition) is 8. The number of benzene rings is 2. The van der Waals surface area contributed by atoms with Crippen LogP contribution in [0.2, 0.25) is 0 Å². The molecule has 1 N–H and O–H groups in total. The van der Waals surface area contributed by atoms with Crippen LogP contribution in [0.5, 0.6) is 11.5 Å². The number of ketones is 1. The van der Waals surface area contributed by atoms with Crippen LogP contribution in [0, 0.1) is 17.0 Å². The second-order valence-electron chi connectivity index (χ2n) is 6.39. The van der Waals surface area contributed by atoms with Crippen molar-refractivity contribution >= 4 is 29.0 Å². The van der Waals surface area contributed by atoms with E-state index in [1.165, 1.54) is 19.2 Å². The number of Topliss-reactive ketones (excluding diaryl/α,β-unsaturated/α-hetero) is 1. The summed E-state index contributed by atoms with van der Waals surface area (Å²) in [4.78, 5) is 45.9. The normalized spacial score (nSPS) is 10.2. The van der Waals surface area contributed by atoms with Crippen LogP contribution in [-0.4, -0.2) is 42.9 Å². The van der Waals surface area contributed by atoms with Crippen molar-refractivity contribution in [1.82, 2.24) is 0 Å². The number of carbonyl (C=O) groups is 3. The van der Waals surface area contributed by atoms with E-state index in [9.17, 15) is 24.5 Å². The number of methoxy groups -OCH3 is 1. The average Bonchev–Trinajstić information content (AvgIpc) is 2.76. The topological polar surface area (TPSA) is 134 Å². The number of nitrogens with one attached hydrogen (secondary N) is 1. The second-order valence-corrected chi connectivity index (χ2v) is 6.39. The van der Waals surface area contributed by atoms with Gasteiger partial charge >= 0.3 is 11.7 Å². The fourth-order valence-corrected chi connectivity index (χ4v) is 2.57. The minimum atomic E-state index is -0.762. The van der Waals surface area contributed by atoms with Gasteiger partial charge in [-0.25, -0.2) is 4.79 Å². The van der Waals surface area contributed by atoms with E-state index in [4.69, 9.17) is 14.2 Å². The number of aryl methyl sites for hydroxylation is 1. The van der Waals surface area contributed by atoms with Crippen LogP contribution >= 0.6 is 0 Å². The molecule has 0 aliphatic rings. The molecule has 10 heteroatoms. The van der Waals surface area contributed by atoms with Gasteiger partial charge in [-0.05, 0) is 36.8 Å². The molecular weight excluding hydrogens is 408 g/mol. The average molecular weight is 430 g/mol. The van der Waals surface area contributed by atoms with Gasteiger partial charge in [-0.15, -0.1) is 0 Å². The lowest BCUT2D eigenvalue weighted by molar-refractivity contribution is -0.385. The minimum absolute atomic E-state index is 0.00199. The maximum absolute atomic E-state index is 12.1. The largest absolute Gasteiger partial charge is 0.490 e. The zero-order chi connectivity index (χ0) is 23.0. The molecule has 0 unspecified atom stereocenters. The number of nitro benzene ring substituents is 1. The van der Waals surface area contributed by atoms with E-state index in [0.717, 1.165) is 0 Å². The lowest BCUT2D eigenvalue weighted by Crippen LogP contribution is -2.24. The van der Waals surface area contributed by atoms with E-state index in [2.05, 4.69) is 5.32 Å². The van der Waals surface area contributed by atoms with Gasteiger partial charge in [0.25, 0.3) is 5.91 Å². The van der Waals surface area contributed by atoms with Crippen molar-refractivity contribution in [3.8, 4) is 11.5 Å². The van der Waals surface area contributed by atoms with E-state index < -0.39 is 30.0 Å². The molecule has 31 heavy (non-hydrogen) atoms. The molecular formula is C21H22N2O8. The van der Waals surface area contributed by atoms with Gasteiger partial charge in [0.05, 0.1) is 12.0 Å². The molecule has 0 saturated carbocycles. The molecule has 0 heterocycles. The molecule has 0 radical (unpaired) electrons. The molecule has 0 fully saturated rings. The molecule has 0 bridgehead atoms. The maximum atomic E-state index is 12.1. The summed E-state index contributed by atoms with van der Waals surface area (Å²) >= 11 is 0. The van der Waals surface area contributed by atoms with Crippen LogP contribution in [-0.2, 0) is 14.3 Å². The van der Waals surface area contributed by atoms with Gasteiger partial charge in [-0.3, -0.25) is 19.7 Å². The Kier molecular flexibility index (Phi) is 8.07. The molecule has 0 saturated heterocycles. The fourth-order valence-electron chi connectivity index (χ4n) is 2.57. The number of carbonyl (C=O) groups excluding carboxylic acids is 3. The predicted molar refractivity (Wildman–Crippen MR) is 111 cm³/mol. The number of anilines is 1. The summed E-state index contributed by atoms with van der Waals surface area (Å²) in [5.41, 5.74) is 1.06. The van der Waals surface area contributed by atoms with Crippen LogP contribution < -0.4 is 14.8 Å². The molecule has 2 aromatic rings. The van der Waals surface area contributed by atoms with Gasteiger partial charge in [0.15, 0.2) is 24.7 Å². The van der Waals surface area contributed by atoms with Gasteiger partial charge in [0, 0.05) is 29.8 Å². The number of esters is 1. The highest BCUT2D eigenvalue weighted by Gasteiger charge is 2.19. The molecule has 2 rings (SSSR count). The van der Waals surface area contributed by atoms with Gasteiger partial charge in [0.2, 0.25) is 0 Å². The number of rotatable bonds is 10. The summed E-state index contributed by atoms with van der Waals surface area (Å²) in [5.74, 6) is -1.03. The Morgan fingerprint density at radius 1 is 1.10 bits per heavy atom. The Morgan fingerprint density at radius 3 is 2.35 bits per heavy atom. The van der Waals surface area contributed by atoms with Crippen LogP contribution in [0.15, 0.2) is 36.4 Å². The number of hydrogen-bond donors (Lipinski definition) is 1. The van der Waals surface area contributed by atoms with Crippen molar-refractivity contribution < 1.29 is 33.5 Å². The van der Waals surface area contributed by atoms with Crippen LogP contribution in [0.4, 0.5) is 11.4 Å². The third-order valence-electron chi connectivity index (χ3n) is 4.21. The molecule has 10 nitrogen and oxygen atoms in total. The van der Waals surface area contributed by atoms with Crippen molar-refractivity contribution in [2.24, 2.45) is 0 Å². The number of nitrogens with zero attached hydrogens (tertiary/aromatic N) is 1. The summed E-state index contributed by atoms with van der Waals surface area (Å²) < 4.78 is 15.1. The molecule has 1 amide bonds. The van der Waals surface area contributed by atoms with Crippen LogP contribution in [0.3, 0.4) is 0 Å². The van der Waals surface area contributed by atoms with Crippen molar-refractivity contribution in [2.45, 2.75) is 20.3 Å². The molecule has 0 atom stereocenters. The number of amides is 1. The third kappa shape index (κ3) is 6.53. The summed E-state index contributed by atoms with van der Waals surface area (Å²) in [6, 6.07) is 8.92. The Labute approximate surface area is 178 Å². The van der Waals surface area contributed by atoms with Crippen molar-refractivity contribution in [2.75, 3.05) is 25.6 Å². The highest BCUT2D eigenvalue weighted by atomic mass is 16.6. The van der Waals surface area contributed by atoms with Gasteiger partial charge in [-0.1, -0.05) is 6.92 Å². The highest BCUT2D eigenvalue weighted by molar-refractivity contribution is 5.96.